The second-order valence-electron chi connectivity index (χ2n) is 9.75. The summed E-state index contributed by atoms with van der Waals surface area (Å²) < 4.78 is 12.1. The number of hydrogen-bond acceptors (Lipinski definition) is 3. The van der Waals surface area contributed by atoms with Crippen LogP contribution >= 0.6 is 0 Å². The van der Waals surface area contributed by atoms with Gasteiger partial charge in [-0.3, -0.25) is 4.79 Å². The Morgan fingerprint density at radius 1 is 0.929 bits per heavy atom. The van der Waals surface area contributed by atoms with Crippen molar-refractivity contribution >= 4 is 24.7 Å². The summed E-state index contributed by atoms with van der Waals surface area (Å²) in [4.78, 5) is 12.0. The third-order valence-corrected chi connectivity index (χ3v) is 11.8. The summed E-state index contributed by atoms with van der Waals surface area (Å²) in [5.74, 6) is -0.0418. The lowest BCUT2D eigenvalue weighted by Crippen LogP contribution is -2.71. The van der Waals surface area contributed by atoms with Crippen LogP contribution in [0.25, 0.3) is 0 Å². The van der Waals surface area contributed by atoms with Crippen LogP contribution < -0.4 is 10.4 Å². The number of benzene rings is 2. The molecule has 4 heteroatoms. The molecule has 0 spiro atoms. The summed E-state index contributed by atoms with van der Waals surface area (Å²) in [6.07, 6.45) is 2.72. The van der Waals surface area contributed by atoms with Crippen molar-refractivity contribution in [2.45, 2.75) is 45.1 Å². The second-order valence-corrected chi connectivity index (χ2v) is 14.1. The minimum Gasteiger partial charge on any atom is -0.469 e. The number of carbonyl (C=O) groups excluding carboxylic acids is 1. The maximum absolute atomic E-state index is 12.0. The van der Waals surface area contributed by atoms with E-state index in [1.807, 2.05) is 0 Å². The number of hydrogen-bond donors (Lipinski definition) is 0. The van der Waals surface area contributed by atoms with Crippen molar-refractivity contribution in [3.05, 3.63) is 60.7 Å². The molecular weight excluding hydrogens is 364 g/mol. The van der Waals surface area contributed by atoms with Gasteiger partial charge in [0, 0.05) is 6.61 Å². The molecule has 3 aliphatic carbocycles. The molecule has 3 nitrogen and oxygen atoms in total. The Balaban J connectivity index is 1.66. The highest BCUT2D eigenvalue weighted by Gasteiger charge is 2.72. The molecule has 0 heterocycles. The average Bonchev–Trinajstić information content (AvgIpc) is 2.62. The van der Waals surface area contributed by atoms with Gasteiger partial charge in [0.1, 0.15) is 0 Å². The van der Waals surface area contributed by atoms with Crippen molar-refractivity contribution in [1.82, 2.24) is 0 Å². The highest BCUT2D eigenvalue weighted by Crippen LogP contribution is 2.73. The van der Waals surface area contributed by atoms with E-state index in [4.69, 9.17) is 9.16 Å². The van der Waals surface area contributed by atoms with Gasteiger partial charge in [-0.25, -0.2) is 0 Å². The predicted molar refractivity (Wildman–Crippen MR) is 114 cm³/mol. The summed E-state index contributed by atoms with van der Waals surface area (Å²) in [6, 6.07) is 21.5. The Bertz CT molecular complexity index is 795. The van der Waals surface area contributed by atoms with Gasteiger partial charge in [0.05, 0.1) is 12.5 Å². The first-order valence-corrected chi connectivity index (χ1v) is 12.0. The van der Waals surface area contributed by atoms with Gasteiger partial charge < -0.3 is 9.16 Å². The molecule has 2 aromatic rings. The van der Waals surface area contributed by atoms with Crippen LogP contribution in [0, 0.1) is 10.8 Å². The lowest BCUT2D eigenvalue weighted by Gasteiger charge is -2.69. The van der Waals surface area contributed by atoms with E-state index in [0.29, 0.717) is 0 Å². The van der Waals surface area contributed by atoms with E-state index in [0.717, 1.165) is 25.9 Å². The SMILES string of the molecule is COC(=O)C12CC(CO[Si](c3ccccc3)(c3ccccc3)C(C)(C)C)(C1)C2. The fraction of sp³-hybridized carbons (Fsp3) is 0.458. The Morgan fingerprint density at radius 2 is 1.39 bits per heavy atom. The zero-order chi connectivity index (χ0) is 20.0. The van der Waals surface area contributed by atoms with Crippen LogP contribution in [0.4, 0.5) is 0 Å². The average molecular weight is 395 g/mol. The van der Waals surface area contributed by atoms with Gasteiger partial charge in [-0.15, -0.1) is 0 Å². The molecule has 2 bridgehead atoms. The first-order valence-electron chi connectivity index (χ1n) is 10.1. The molecule has 2 aromatic carbocycles. The molecule has 3 aliphatic rings. The summed E-state index contributed by atoms with van der Waals surface area (Å²) in [5.41, 5.74) is -0.0647. The van der Waals surface area contributed by atoms with E-state index in [2.05, 4.69) is 81.4 Å². The molecule has 0 N–H and O–H groups in total. The molecule has 5 rings (SSSR count). The Labute approximate surface area is 169 Å². The van der Waals surface area contributed by atoms with Crippen molar-refractivity contribution in [2.24, 2.45) is 10.8 Å². The summed E-state index contributed by atoms with van der Waals surface area (Å²) >= 11 is 0. The fourth-order valence-corrected chi connectivity index (χ4v) is 10.3. The first-order chi connectivity index (χ1) is 13.3. The molecule has 3 fully saturated rings. The molecular formula is C24H30O3Si. The van der Waals surface area contributed by atoms with E-state index >= 15 is 0 Å². The third-order valence-electron chi connectivity index (χ3n) is 6.77. The maximum Gasteiger partial charge on any atom is 0.311 e. The van der Waals surface area contributed by atoms with Gasteiger partial charge >= 0.3 is 5.97 Å². The van der Waals surface area contributed by atoms with Gasteiger partial charge in [0.2, 0.25) is 0 Å². The van der Waals surface area contributed by atoms with Gasteiger partial charge in [-0.05, 0) is 40.1 Å². The van der Waals surface area contributed by atoms with Crippen LogP contribution in [0.3, 0.4) is 0 Å². The standard InChI is InChI=1S/C24H30O3Si/c1-22(2,3)28(19-11-7-5-8-12-19,20-13-9-6-10-14-20)27-18-23-15-24(16-23,17-23)21(25)26-4/h5-14H,15-18H2,1-4H3. The molecule has 0 aromatic heterocycles. The van der Waals surface area contributed by atoms with E-state index in [1.165, 1.54) is 17.5 Å². The quantitative estimate of drug-likeness (QED) is 0.550. The first kappa shape index (κ1) is 19.4. The van der Waals surface area contributed by atoms with E-state index < -0.39 is 8.32 Å². The van der Waals surface area contributed by atoms with Crippen LogP contribution in [-0.4, -0.2) is 28.0 Å². The summed E-state index contributed by atoms with van der Waals surface area (Å²) in [5, 5.41) is 2.60. The normalized spacial score (nSPS) is 26.1. The number of carbonyl (C=O) groups is 1. The van der Waals surface area contributed by atoms with E-state index in [9.17, 15) is 4.79 Å². The Morgan fingerprint density at radius 3 is 1.79 bits per heavy atom. The third kappa shape index (κ3) is 2.77. The minimum absolute atomic E-state index is 0.0146. The molecule has 3 saturated carbocycles. The second kappa shape index (κ2) is 6.56. The van der Waals surface area contributed by atoms with Crippen LogP contribution in [-0.2, 0) is 14.0 Å². The zero-order valence-corrected chi connectivity index (χ0v) is 18.3. The zero-order valence-electron chi connectivity index (χ0n) is 17.3. The van der Waals surface area contributed by atoms with Gasteiger partial charge in [0.25, 0.3) is 8.32 Å². The largest absolute Gasteiger partial charge is 0.469 e. The predicted octanol–water partition coefficient (Wildman–Crippen LogP) is 3.91. The van der Waals surface area contributed by atoms with E-state index in [-0.39, 0.29) is 21.8 Å². The van der Waals surface area contributed by atoms with Gasteiger partial charge in [-0.2, -0.15) is 0 Å². The number of esters is 1. The topological polar surface area (TPSA) is 35.5 Å². The molecule has 0 atom stereocenters. The van der Waals surface area contributed by atoms with Crippen molar-refractivity contribution in [3.8, 4) is 0 Å². The highest BCUT2D eigenvalue weighted by atomic mass is 28.4. The smallest absolute Gasteiger partial charge is 0.311 e. The van der Waals surface area contributed by atoms with Crippen molar-refractivity contribution in [1.29, 1.82) is 0 Å². The molecule has 28 heavy (non-hydrogen) atoms. The molecule has 0 saturated heterocycles. The van der Waals surface area contributed by atoms with Crippen LogP contribution in [0.5, 0.6) is 0 Å². The molecule has 0 amide bonds. The highest BCUT2D eigenvalue weighted by molar-refractivity contribution is 6.99. The monoisotopic (exact) mass is 394 g/mol. The Hall–Kier alpha value is -1.91. The van der Waals surface area contributed by atoms with Crippen molar-refractivity contribution in [2.75, 3.05) is 13.7 Å². The maximum atomic E-state index is 12.0. The Kier molecular flexibility index (Phi) is 4.55. The van der Waals surface area contributed by atoms with Crippen LogP contribution in [0.2, 0.25) is 5.04 Å². The lowest BCUT2D eigenvalue weighted by atomic mass is 9.35. The van der Waals surface area contributed by atoms with Gasteiger partial charge in [-0.1, -0.05) is 81.4 Å². The molecule has 0 radical (unpaired) electrons. The lowest BCUT2D eigenvalue weighted by molar-refractivity contribution is -0.234. The van der Waals surface area contributed by atoms with Crippen LogP contribution in [0.15, 0.2) is 60.7 Å². The number of ether oxygens (including phenoxy) is 1. The van der Waals surface area contributed by atoms with Crippen LogP contribution in [0.1, 0.15) is 40.0 Å². The van der Waals surface area contributed by atoms with Crippen molar-refractivity contribution < 1.29 is 14.0 Å². The molecule has 0 unspecified atom stereocenters. The molecule has 148 valence electrons. The van der Waals surface area contributed by atoms with Gasteiger partial charge in [0.15, 0.2) is 0 Å². The summed E-state index contributed by atoms with van der Waals surface area (Å²) in [7, 11) is -0.999. The molecule has 0 aliphatic heterocycles. The number of methoxy groups -OCH3 is 1. The number of rotatable bonds is 6. The van der Waals surface area contributed by atoms with E-state index in [1.54, 1.807) is 0 Å². The van der Waals surface area contributed by atoms with Crippen molar-refractivity contribution in [3.63, 3.8) is 0 Å². The summed E-state index contributed by atoms with van der Waals surface area (Å²) in [6.45, 7) is 7.63. The fourth-order valence-electron chi connectivity index (χ4n) is 5.61. The minimum atomic E-state index is -2.49.